The third-order valence-corrected chi connectivity index (χ3v) is 2.91. The highest BCUT2D eigenvalue weighted by Crippen LogP contribution is 2.16. The van der Waals surface area contributed by atoms with E-state index in [0.29, 0.717) is 11.0 Å². The zero-order chi connectivity index (χ0) is 13.1. The van der Waals surface area contributed by atoms with E-state index in [0.717, 1.165) is 0 Å². The summed E-state index contributed by atoms with van der Waals surface area (Å²) in [5.74, 6) is 0.359. The first kappa shape index (κ1) is 12.4. The van der Waals surface area contributed by atoms with Crippen molar-refractivity contribution in [2.75, 3.05) is 11.1 Å². The highest BCUT2D eigenvalue weighted by Gasteiger charge is 2.15. The van der Waals surface area contributed by atoms with Crippen molar-refractivity contribution in [2.24, 2.45) is 0 Å². The number of rotatable bonds is 3. The average Bonchev–Trinajstić information content (AvgIpc) is 2.81. The number of nitrogens with two attached hydrogens (primary N) is 1. The number of thiazole rings is 1. The van der Waals surface area contributed by atoms with Gasteiger partial charge >= 0.3 is 0 Å². The summed E-state index contributed by atoms with van der Waals surface area (Å²) < 4.78 is 0. The number of aromatic nitrogens is 3. The maximum absolute atomic E-state index is 12.0. The largest absolute Gasteiger partial charge is 0.396 e. The van der Waals surface area contributed by atoms with Crippen LogP contribution < -0.4 is 11.1 Å². The van der Waals surface area contributed by atoms with E-state index in [2.05, 4.69) is 20.3 Å². The maximum atomic E-state index is 12.0. The molecule has 2 aromatic rings. The van der Waals surface area contributed by atoms with Crippen molar-refractivity contribution in [3.05, 3.63) is 29.3 Å². The fraction of sp³-hybridized carbons (Fsp3) is 0.273. The van der Waals surface area contributed by atoms with E-state index >= 15 is 0 Å². The smallest absolute Gasteiger partial charge is 0.278 e. The Bertz CT molecular complexity index is 553. The van der Waals surface area contributed by atoms with Gasteiger partial charge in [-0.2, -0.15) is 0 Å². The van der Waals surface area contributed by atoms with E-state index in [1.807, 2.05) is 13.8 Å². The van der Waals surface area contributed by atoms with Crippen LogP contribution in [0.15, 0.2) is 17.8 Å². The summed E-state index contributed by atoms with van der Waals surface area (Å²) in [6.45, 7) is 3.90. The Kier molecular flexibility index (Phi) is 3.52. The molecule has 1 amide bonds. The summed E-state index contributed by atoms with van der Waals surface area (Å²) in [5.41, 5.74) is 6.16. The summed E-state index contributed by atoms with van der Waals surface area (Å²) in [7, 11) is 0. The van der Waals surface area contributed by atoms with Gasteiger partial charge in [0.2, 0.25) is 0 Å². The number of carbonyl (C=O) groups is 1. The number of amides is 1. The maximum Gasteiger partial charge on any atom is 0.278 e. The Hall–Kier alpha value is -2.02. The molecule has 0 radical (unpaired) electrons. The second-order valence-corrected chi connectivity index (χ2v) is 4.87. The van der Waals surface area contributed by atoms with Crippen LogP contribution in [-0.2, 0) is 0 Å². The molecule has 0 aliphatic carbocycles. The number of nitrogen functional groups attached to an aromatic ring is 1. The van der Waals surface area contributed by atoms with Crippen molar-refractivity contribution >= 4 is 28.1 Å². The Morgan fingerprint density at radius 1 is 1.44 bits per heavy atom. The van der Waals surface area contributed by atoms with Crippen LogP contribution in [0.3, 0.4) is 0 Å². The third kappa shape index (κ3) is 2.62. The SMILES string of the molecule is CC(C)c1ncc(N)c(C(=O)Nc2nccs2)n1. The van der Waals surface area contributed by atoms with Gasteiger partial charge in [0.05, 0.1) is 11.9 Å². The van der Waals surface area contributed by atoms with Crippen LogP contribution in [0.25, 0.3) is 0 Å². The number of carbonyl (C=O) groups excluding carboxylic acids is 1. The van der Waals surface area contributed by atoms with Crippen molar-refractivity contribution in [2.45, 2.75) is 19.8 Å². The van der Waals surface area contributed by atoms with Crippen LogP contribution in [0.2, 0.25) is 0 Å². The lowest BCUT2D eigenvalue weighted by atomic mass is 10.2. The standard InChI is InChI=1S/C11H13N5OS/c1-6(2)9-14-5-7(12)8(15-9)10(17)16-11-13-3-4-18-11/h3-6H,12H2,1-2H3,(H,13,16,17). The molecule has 0 saturated heterocycles. The van der Waals surface area contributed by atoms with Gasteiger partial charge in [-0.3, -0.25) is 10.1 Å². The van der Waals surface area contributed by atoms with Crippen LogP contribution in [-0.4, -0.2) is 20.9 Å². The van der Waals surface area contributed by atoms with Gasteiger partial charge in [0.1, 0.15) is 5.82 Å². The second-order valence-electron chi connectivity index (χ2n) is 3.98. The van der Waals surface area contributed by atoms with Crippen LogP contribution in [0, 0.1) is 0 Å². The molecule has 0 aliphatic rings. The molecule has 0 unspecified atom stereocenters. The van der Waals surface area contributed by atoms with E-state index in [1.165, 1.54) is 17.5 Å². The van der Waals surface area contributed by atoms with Crippen LogP contribution in [0.4, 0.5) is 10.8 Å². The fourth-order valence-corrected chi connectivity index (χ4v) is 1.83. The van der Waals surface area contributed by atoms with Crippen molar-refractivity contribution in [1.29, 1.82) is 0 Å². The van der Waals surface area contributed by atoms with Crippen molar-refractivity contribution < 1.29 is 4.79 Å². The third-order valence-electron chi connectivity index (χ3n) is 2.22. The van der Waals surface area contributed by atoms with Gasteiger partial charge in [0.25, 0.3) is 5.91 Å². The molecule has 0 saturated carbocycles. The van der Waals surface area contributed by atoms with Crippen LogP contribution >= 0.6 is 11.3 Å². The van der Waals surface area contributed by atoms with E-state index in [4.69, 9.17) is 5.73 Å². The second kappa shape index (κ2) is 5.09. The lowest BCUT2D eigenvalue weighted by Crippen LogP contribution is -2.17. The van der Waals surface area contributed by atoms with Gasteiger partial charge in [0.15, 0.2) is 10.8 Å². The lowest BCUT2D eigenvalue weighted by Gasteiger charge is -2.08. The van der Waals surface area contributed by atoms with Gasteiger partial charge < -0.3 is 5.73 Å². The number of nitrogens with one attached hydrogen (secondary N) is 1. The fourth-order valence-electron chi connectivity index (χ4n) is 1.31. The number of hydrogen-bond acceptors (Lipinski definition) is 6. The summed E-state index contributed by atoms with van der Waals surface area (Å²) in [4.78, 5) is 24.2. The normalized spacial score (nSPS) is 10.6. The predicted molar refractivity (Wildman–Crippen MR) is 70.6 cm³/mol. The molecule has 2 rings (SSSR count). The molecule has 94 valence electrons. The van der Waals surface area contributed by atoms with E-state index in [9.17, 15) is 4.79 Å². The zero-order valence-electron chi connectivity index (χ0n) is 10.0. The molecule has 0 bridgehead atoms. The Morgan fingerprint density at radius 2 is 2.22 bits per heavy atom. The van der Waals surface area contributed by atoms with Gasteiger partial charge in [-0.05, 0) is 0 Å². The highest BCUT2D eigenvalue weighted by atomic mass is 32.1. The number of hydrogen-bond donors (Lipinski definition) is 2. The minimum absolute atomic E-state index is 0.136. The molecule has 18 heavy (non-hydrogen) atoms. The lowest BCUT2D eigenvalue weighted by molar-refractivity contribution is 0.102. The molecule has 0 spiro atoms. The topological polar surface area (TPSA) is 93.8 Å². The van der Waals surface area contributed by atoms with Crippen LogP contribution in [0.1, 0.15) is 36.1 Å². The predicted octanol–water partition coefficient (Wildman–Crippen LogP) is 1.89. The molecule has 0 atom stereocenters. The van der Waals surface area contributed by atoms with Gasteiger partial charge in [-0.15, -0.1) is 11.3 Å². The van der Waals surface area contributed by atoms with Crippen molar-refractivity contribution in [3.8, 4) is 0 Å². The first-order chi connectivity index (χ1) is 8.58. The quantitative estimate of drug-likeness (QED) is 0.882. The Labute approximate surface area is 108 Å². The monoisotopic (exact) mass is 263 g/mol. The molecule has 7 heteroatoms. The van der Waals surface area contributed by atoms with E-state index in [-0.39, 0.29) is 23.2 Å². The minimum atomic E-state index is -0.369. The molecule has 2 aromatic heterocycles. The molecule has 0 aliphatic heterocycles. The molecule has 3 N–H and O–H groups in total. The number of anilines is 2. The van der Waals surface area contributed by atoms with Gasteiger partial charge in [0, 0.05) is 17.5 Å². The molecule has 0 aromatic carbocycles. The first-order valence-electron chi connectivity index (χ1n) is 5.41. The highest BCUT2D eigenvalue weighted by molar-refractivity contribution is 7.13. The summed E-state index contributed by atoms with van der Waals surface area (Å²) in [5, 5.41) is 4.94. The first-order valence-corrected chi connectivity index (χ1v) is 6.29. The molecule has 2 heterocycles. The van der Waals surface area contributed by atoms with Gasteiger partial charge in [-0.25, -0.2) is 15.0 Å². The van der Waals surface area contributed by atoms with Crippen molar-refractivity contribution in [1.82, 2.24) is 15.0 Å². The summed E-state index contributed by atoms with van der Waals surface area (Å²) >= 11 is 1.34. The zero-order valence-corrected chi connectivity index (χ0v) is 10.9. The van der Waals surface area contributed by atoms with Crippen molar-refractivity contribution in [3.63, 3.8) is 0 Å². The summed E-state index contributed by atoms with van der Waals surface area (Å²) in [6.07, 6.45) is 3.07. The van der Waals surface area contributed by atoms with E-state index in [1.54, 1.807) is 11.6 Å². The number of nitrogens with zero attached hydrogens (tertiary/aromatic N) is 3. The summed E-state index contributed by atoms with van der Waals surface area (Å²) in [6, 6.07) is 0. The van der Waals surface area contributed by atoms with Gasteiger partial charge in [-0.1, -0.05) is 13.8 Å². The van der Waals surface area contributed by atoms with Crippen LogP contribution in [0.5, 0.6) is 0 Å². The Morgan fingerprint density at radius 3 is 2.83 bits per heavy atom. The molecule has 0 fully saturated rings. The molecular weight excluding hydrogens is 250 g/mol. The molecular formula is C11H13N5OS. The average molecular weight is 263 g/mol. The van der Waals surface area contributed by atoms with E-state index < -0.39 is 0 Å². The molecule has 6 nitrogen and oxygen atoms in total. The minimum Gasteiger partial charge on any atom is -0.396 e. The Balaban J connectivity index is 2.26.